The summed E-state index contributed by atoms with van der Waals surface area (Å²) in [5, 5.41) is 3.18. The summed E-state index contributed by atoms with van der Waals surface area (Å²) in [6, 6.07) is 4.28. The van der Waals surface area contributed by atoms with Gasteiger partial charge in [-0.1, -0.05) is 19.1 Å². The van der Waals surface area contributed by atoms with E-state index >= 15 is 0 Å². The molecular formula is C12H18F2N2. The second-order valence-electron chi connectivity index (χ2n) is 3.80. The van der Waals surface area contributed by atoms with Crippen LogP contribution in [0.5, 0.6) is 0 Å². The van der Waals surface area contributed by atoms with E-state index in [9.17, 15) is 8.78 Å². The van der Waals surface area contributed by atoms with Gasteiger partial charge in [-0.05, 0) is 19.7 Å². The van der Waals surface area contributed by atoms with Crippen molar-refractivity contribution in [3.05, 3.63) is 35.4 Å². The molecule has 1 aromatic carbocycles. The van der Waals surface area contributed by atoms with E-state index in [1.807, 2.05) is 18.9 Å². The van der Waals surface area contributed by atoms with E-state index in [0.717, 1.165) is 25.7 Å². The van der Waals surface area contributed by atoms with Crippen LogP contribution in [0.15, 0.2) is 18.2 Å². The van der Waals surface area contributed by atoms with Crippen LogP contribution in [0.3, 0.4) is 0 Å². The molecule has 0 aliphatic heterocycles. The number of benzene rings is 1. The Labute approximate surface area is 95.3 Å². The molecule has 0 atom stereocenters. The average Bonchev–Trinajstić information content (AvgIpc) is 2.25. The van der Waals surface area contributed by atoms with Crippen LogP contribution < -0.4 is 5.32 Å². The van der Waals surface area contributed by atoms with Gasteiger partial charge in [0.1, 0.15) is 0 Å². The van der Waals surface area contributed by atoms with Crippen LogP contribution in [-0.2, 0) is 6.54 Å². The fraction of sp³-hybridized carbons (Fsp3) is 0.500. The van der Waals surface area contributed by atoms with Gasteiger partial charge < -0.3 is 10.2 Å². The maximum Gasteiger partial charge on any atom is 0.163 e. The zero-order valence-corrected chi connectivity index (χ0v) is 9.76. The molecule has 1 aromatic rings. The van der Waals surface area contributed by atoms with Gasteiger partial charge in [-0.15, -0.1) is 0 Å². The predicted octanol–water partition coefficient (Wildman–Crippen LogP) is 2.01. The van der Waals surface area contributed by atoms with Gasteiger partial charge in [0.05, 0.1) is 0 Å². The molecule has 16 heavy (non-hydrogen) atoms. The van der Waals surface area contributed by atoms with Gasteiger partial charge in [-0.2, -0.15) is 0 Å². The molecular weight excluding hydrogens is 210 g/mol. The first-order valence-corrected chi connectivity index (χ1v) is 5.47. The minimum Gasteiger partial charge on any atom is -0.316 e. The number of nitrogens with one attached hydrogen (secondary N) is 1. The Morgan fingerprint density at radius 2 is 2.06 bits per heavy atom. The molecule has 0 saturated heterocycles. The zero-order chi connectivity index (χ0) is 12.0. The summed E-state index contributed by atoms with van der Waals surface area (Å²) in [5.41, 5.74) is 0.402. The fourth-order valence-corrected chi connectivity index (χ4v) is 1.49. The molecule has 0 aliphatic rings. The lowest BCUT2D eigenvalue weighted by Crippen LogP contribution is -2.29. The highest BCUT2D eigenvalue weighted by atomic mass is 19.2. The lowest BCUT2D eigenvalue weighted by molar-refractivity contribution is 0.318. The smallest absolute Gasteiger partial charge is 0.163 e. The Kier molecular flexibility index (Phi) is 5.35. The lowest BCUT2D eigenvalue weighted by atomic mass is 10.2. The van der Waals surface area contributed by atoms with E-state index in [2.05, 4.69) is 5.32 Å². The quantitative estimate of drug-likeness (QED) is 0.749. The van der Waals surface area contributed by atoms with E-state index in [-0.39, 0.29) is 0 Å². The van der Waals surface area contributed by atoms with Gasteiger partial charge in [0.25, 0.3) is 0 Å². The van der Waals surface area contributed by atoms with Gasteiger partial charge in [0.2, 0.25) is 0 Å². The van der Waals surface area contributed by atoms with Gasteiger partial charge in [-0.3, -0.25) is 0 Å². The number of hydrogen-bond donors (Lipinski definition) is 1. The van der Waals surface area contributed by atoms with Crippen LogP contribution >= 0.6 is 0 Å². The second-order valence-corrected chi connectivity index (χ2v) is 3.80. The highest BCUT2D eigenvalue weighted by Gasteiger charge is 2.09. The van der Waals surface area contributed by atoms with Crippen LogP contribution in [0.4, 0.5) is 8.78 Å². The normalized spacial score (nSPS) is 11.1. The Hall–Kier alpha value is -1.00. The number of halogens is 2. The summed E-state index contributed by atoms with van der Waals surface area (Å²) < 4.78 is 26.3. The number of nitrogens with zero attached hydrogens (tertiary/aromatic N) is 1. The van der Waals surface area contributed by atoms with Crippen molar-refractivity contribution in [1.82, 2.24) is 10.2 Å². The van der Waals surface area contributed by atoms with Crippen LogP contribution in [-0.4, -0.2) is 31.6 Å². The molecule has 0 spiro atoms. The number of hydrogen-bond acceptors (Lipinski definition) is 2. The van der Waals surface area contributed by atoms with Crippen molar-refractivity contribution < 1.29 is 8.78 Å². The summed E-state index contributed by atoms with van der Waals surface area (Å²) in [5.74, 6) is -1.52. The Morgan fingerprint density at radius 3 is 2.75 bits per heavy atom. The summed E-state index contributed by atoms with van der Waals surface area (Å²) in [6.45, 7) is 5.04. The maximum absolute atomic E-state index is 13.3. The molecule has 0 unspecified atom stereocenters. The first-order chi connectivity index (χ1) is 7.65. The second kappa shape index (κ2) is 6.55. The van der Waals surface area contributed by atoms with E-state index in [1.165, 1.54) is 6.07 Å². The fourth-order valence-electron chi connectivity index (χ4n) is 1.49. The van der Waals surface area contributed by atoms with E-state index in [1.54, 1.807) is 6.07 Å². The molecule has 1 rings (SSSR count). The SMILES string of the molecule is CCNCCN(C)Cc1cccc(F)c1F. The van der Waals surface area contributed by atoms with Crippen molar-refractivity contribution in [3.8, 4) is 0 Å². The number of rotatable bonds is 6. The number of likely N-dealkylation sites (N-methyl/N-ethyl adjacent to an activating group) is 2. The van der Waals surface area contributed by atoms with E-state index in [4.69, 9.17) is 0 Å². The topological polar surface area (TPSA) is 15.3 Å². The largest absolute Gasteiger partial charge is 0.316 e. The third-order valence-electron chi connectivity index (χ3n) is 2.39. The lowest BCUT2D eigenvalue weighted by Gasteiger charge is -2.17. The zero-order valence-electron chi connectivity index (χ0n) is 9.76. The van der Waals surface area contributed by atoms with Crippen LogP contribution in [0.1, 0.15) is 12.5 Å². The van der Waals surface area contributed by atoms with Gasteiger partial charge in [0.15, 0.2) is 11.6 Å². The van der Waals surface area contributed by atoms with E-state index in [0.29, 0.717) is 12.1 Å². The van der Waals surface area contributed by atoms with Gasteiger partial charge in [0, 0.05) is 25.2 Å². The van der Waals surface area contributed by atoms with Crippen molar-refractivity contribution in [2.24, 2.45) is 0 Å². The maximum atomic E-state index is 13.3. The summed E-state index contributed by atoms with van der Waals surface area (Å²) >= 11 is 0. The highest BCUT2D eigenvalue weighted by molar-refractivity contribution is 5.18. The van der Waals surface area contributed by atoms with Crippen molar-refractivity contribution in [2.75, 3.05) is 26.7 Å². The third kappa shape index (κ3) is 3.87. The molecule has 0 aromatic heterocycles. The van der Waals surface area contributed by atoms with Crippen molar-refractivity contribution in [1.29, 1.82) is 0 Å². The molecule has 0 bridgehead atoms. The molecule has 0 radical (unpaired) electrons. The van der Waals surface area contributed by atoms with Crippen LogP contribution in [0.25, 0.3) is 0 Å². The molecule has 90 valence electrons. The molecule has 0 aliphatic carbocycles. The molecule has 2 nitrogen and oxygen atoms in total. The van der Waals surface area contributed by atoms with Crippen molar-refractivity contribution >= 4 is 0 Å². The summed E-state index contributed by atoms with van der Waals surface area (Å²) in [6.07, 6.45) is 0. The average molecular weight is 228 g/mol. The predicted molar refractivity (Wildman–Crippen MR) is 61.2 cm³/mol. The molecule has 0 heterocycles. The molecule has 0 amide bonds. The Morgan fingerprint density at radius 1 is 1.31 bits per heavy atom. The minimum atomic E-state index is -0.780. The minimum absolute atomic E-state index is 0.402. The van der Waals surface area contributed by atoms with Gasteiger partial charge >= 0.3 is 0 Å². The summed E-state index contributed by atoms with van der Waals surface area (Å²) in [7, 11) is 1.89. The Balaban J connectivity index is 2.49. The first kappa shape index (κ1) is 13.1. The first-order valence-electron chi connectivity index (χ1n) is 5.47. The monoisotopic (exact) mass is 228 g/mol. The molecule has 0 saturated carbocycles. The van der Waals surface area contributed by atoms with Crippen LogP contribution in [0.2, 0.25) is 0 Å². The Bertz CT molecular complexity index is 329. The van der Waals surface area contributed by atoms with Gasteiger partial charge in [-0.25, -0.2) is 8.78 Å². The standard InChI is InChI=1S/C12H18F2N2/c1-3-15-7-8-16(2)9-10-5-4-6-11(13)12(10)14/h4-6,15H,3,7-9H2,1-2H3. The highest BCUT2D eigenvalue weighted by Crippen LogP contribution is 2.12. The molecule has 0 fully saturated rings. The molecule has 4 heteroatoms. The van der Waals surface area contributed by atoms with Crippen LogP contribution in [0, 0.1) is 11.6 Å². The third-order valence-corrected chi connectivity index (χ3v) is 2.39. The van der Waals surface area contributed by atoms with Crippen molar-refractivity contribution in [3.63, 3.8) is 0 Å². The van der Waals surface area contributed by atoms with E-state index < -0.39 is 11.6 Å². The molecule has 1 N–H and O–H groups in total. The van der Waals surface area contributed by atoms with Crippen molar-refractivity contribution in [2.45, 2.75) is 13.5 Å². The summed E-state index contributed by atoms with van der Waals surface area (Å²) in [4.78, 5) is 1.96.